The first-order valence-electron chi connectivity index (χ1n) is 4.81. The molecule has 0 saturated carbocycles. The molecule has 1 N–H and O–H groups in total. The van der Waals surface area contributed by atoms with Gasteiger partial charge >= 0.3 is 0 Å². The van der Waals surface area contributed by atoms with Crippen molar-refractivity contribution in [2.75, 3.05) is 0 Å². The Kier molecular flexibility index (Phi) is 25.7. The second kappa shape index (κ2) is 16.5. The third-order valence-electron chi connectivity index (χ3n) is 0.813. The molecule has 11 heavy (non-hydrogen) atoms. The average molecular weight is 162 g/mol. The minimum atomic E-state index is -0.125. The van der Waals surface area contributed by atoms with Gasteiger partial charge in [0.2, 0.25) is 0 Å². The van der Waals surface area contributed by atoms with E-state index in [9.17, 15) is 0 Å². The van der Waals surface area contributed by atoms with Crippen LogP contribution in [0.2, 0.25) is 0 Å². The highest BCUT2D eigenvalue weighted by Gasteiger charge is 1.97. The maximum atomic E-state index is 8.72. The fourth-order valence-electron chi connectivity index (χ4n) is 0.682. The summed E-state index contributed by atoms with van der Waals surface area (Å²) < 4.78 is 0. The standard InChI is InChI=1S/C6H14O.2C2H6/c1-5(2)4-6(3)7;2*1-2/h5-7H,4H2,1-3H3;2*1-2H3. The van der Waals surface area contributed by atoms with Crippen molar-refractivity contribution in [1.29, 1.82) is 0 Å². The van der Waals surface area contributed by atoms with E-state index >= 15 is 0 Å². The van der Waals surface area contributed by atoms with Crippen LogP contribution < -0.4 is 0 Å². The fraction of sp³-hybridized carbons (Fsp3) is 1.00. The zero-order chi connectivity index (χ0) is 9.86. The molecule has 0 saturated heterocycles. The summed E-state index contributed by atoms with van der Waals surface area (Å²) in [6.07, 6.45) is 0.792. The Morgan fingerprint density at radius 3 is 1.18 bits per heavy atom. The van der Waals surface area contributed by atoms with Crippen molar-refractivity contribution in [3.8, 4) is 0 Å². The maximum Gasteiger partial charge on any atom is 0.0514 e. The van der Waals surface area contributed by atoms with E-state index in [0.29, 0.717) is 5.92 Å². The molecule has 0 fully saturated rings. The molecule has 1 unspecified atom stereocenters. The van der Waals surface area contributed by atoms with Crippen molar-refractivity contribution < 1.29 is 5.11 Å². The van der Waals surface area contributed by atoms with Crippen molar-refractivity contribution in [2.45, 2.75) is 61.0 Å². The lowest BCUT2D eigenvalue weighted by atomic mass is 10.1. The van der Waals surface area contributed by atoms with Crippen LogP contribution in [-0.2, 0) is 0 Å². The van der Waals surface area contributed by atoms with Gasteiger partial charge in [0, 0.05) is 0 Å². The molecule has 0 aromatic heterocycles. The Bertz CT molecular complexity index is 34.1. The quantitative estimate of drug-likeness (QED) is 0.659. The van der Waals surface area contributed by atoms with Crippen LogP contribution in [0.3, 0.4) is 0 Å². The molecule has 0 amide bonds. The summed E-state index contributed by atoms with van der Waals surface area (Å²) in [5, 5.41) is 8.72. The summed E-state index contributed by atoms with van der Waals surface area (Å²) in [6.45, 7) is 14.0. The smallest absolute Gasteiger partial charge is 0.0514 e. The molecule has 0 heterocycles. The lowest BCUT2D eigenvalue weighted by Crippen LogP contribution is -2.03. The van der Waals surface area contributed by atoms with E-state index in [4.69, 9.17) is 5.11 Å². The van der Waals surface area contributed by atoms with Crippen LogP contribution in [0.4, 0.5) is 0 Å². The molecule has 1 atom stereocenters. The van der Waals surface area contributed by atoms with E-state index in [2.05, 4.69) is 13.8 Å². The lowest BCUT2D eigenvalue weighted by Gasteiger charge is -2.04. The van der Waals surface area contributed by atoms with Gasteiger partial charge in [0.25, 0.3) is 0 Å². The van der Waals surface area contributed by atoms with Gasteiger partial charge in [-0.05, 0) is 19.3 Å². The first-order valence-corrected chi connectivity index (χ1v) is 4.81. The largest absolute Gasteiger partial charge is 0.393 e. The third kappa shape index (κ3) is 40.2. The number of hydrogen-bond acceptors (Lipinski definition) is 1. The molecule has 0 rings (SSSR count). The summed E-state index contributed by atoms with van der Waals surface area (Å²) in [7, 11) is 0. The minimum absolute atomic E-state index is 0.125. The molecule has 0 aromatic carbocycles. The highest BCUT2D eigenvalue weighted by molar-refractivity contribution is 4.49. The predicted octanol–water partition coefficient (Wildman–Crippen LogP) is 3.47. The minimum Gasteiger partial charge on any atom is -0.393 e. The number of aliphatic hydroxyl groups excluding tert-OH is 1. The van der Waals surface area contributed by atoms with E-state index in [-0.39, 0.29) is 6.10 Å². The van der Waals surface area contributed by atoms with Crippen LogP contribution in [0.5, 0.6) is 0 Å². The number of aliphatic hydroxyl groups is 1. The molecular formula is C10H26O. The molecule has 72 valence electrons. The van der Waals surface area contributed by atoms with Crippen molar-refractivity contribution in [2.24, 2.45) is 5.92 Å². The topological polar surface area (TPSA) is 20.2 Å². The second-order valence-corrected chi connectivity index (χ2v) is 2.48. The van der Waals surface area contributed by atoms with Crippen molar-refractivity contribution in [3.05, 3.63) is 0 Å². The van der Waals surface area contributed by atoms with Crippen LogP contribution in [0.25, 0.3) is 0 Å². The molecule has 0 spiro atoms. The van der Waals surface area contributed by atoms with Gasteiger partial charge in [0.05, 0.1) is 6.10 Å². The Balaban J connectivity index is -0.000000138. The highest BCUT2D eigenvalue weighted by atomic mass is 16.3. The zero-order valence-corrected chi connectivity index (χ0v) is 9.31. The van der Waals surface area contributed by atoms with E-state index in [1.807, 2.05) is 34.6 Å². The Morgan fingerprint density at radius 2 is 1.18 bits per heavy atom. The number of hydrogen-bond donors (Lipinski definition) is 1. The van der Waals surface area contributed by atoms with Crippen LogP contribution in [0.1, 0.15) is 54.9 Å². The Hall–Kier alpha value is -0.0400. The molecule has 0 aliphatic carbocycles. The summed E-state index contributed by atoms with van der Waals surface area (Å²) in [5.41, 5.74) is 0. The van der Waals surface area contributed by atoms with Crippen LogP contribution in [-0.4, -0.2) is 11.2 Å². The fourth-order valence-corrected chi connectivity index (χ4v) is 0.682. The van der Waals surface area contributed by atoms with E-state index in [0.717, 1.165) is 6.42 Å². The van der Waals surface area contributed by atoms with E-state index in [1.54, 1.807) is 0 Å². The summed E-state index contributed by atoms with van der Waals surface area (Å²) in [6, 6.07) is 0. The lowest BCUT2D eigenvalue weighted by molar-refractivity contribution is 0.168. The van der Waals surface area contributed by atoms with Crippen LogP contribution in [0.15, 0.2) is 0 Å². The normalized spacial score (nSPS) is 10.6. The maximum absolute atomic E-state index is 8.72. The molecule has 0 aliphatic rings. The van der Waals surface area contributed by atoms with Crippen LogP contribution in [0, 0.1) is 5.92 Å². The molecule has 0 aromatic rings. The van der Waals surface area contributed by atoms with Gasteiger partial charge in [0.15, 0.2) is 0 Å². The predicted molar refractivity (Wildman–Crippen MR) is 53.8 cm³/mol. The highest BCUT2D eigenvalue weighted by Crippen LogP contribution is 2.01. The Morgan fingerprint density at radius 1 is 0.909 bits per heavy atom. The molecule has 0 aliphatic heterocycles. The van der Waals surface area contributed by atoms with Gasteiger partial charge in [-0.15, -0.1) is 0 Å². The Labute approximate surface area is 72.8 Å². The summed E-state index contributed by atoms with van der Waals surface area (Å²) in [4.78, 5) is 0. The molecular weight excluding hydrogens is 136 g/mol. The summed E-state index contributed by atoms with van der Waals surface area (Å²) in [5.74, 6) is 0.625. The summed E-state index contributed by atoms with van der Waals surface area (Å²) >= 11 is 0. The van der Waals surface area contributed by atoms with Gasteiger partial charge in [-0.1, -0.05) is 41.5 Å². The van der Waals surface area contributed by atoms with Crippen molar-refractivity contribution in [1.82, 2.24) is 0 Å². The van der Waals surface area contributed by atoms with Crippen molar-refractivity contribution >= 4 is 0 Å². The van der Waals surface area contributed by atoms with Gasteiger partial charge in [-0.3, -0.25) is 0 Å². The monoisotopic (exact) mass is 162 g/mol. The van der Waals surface area contributed by atoms with Crippen LogP contribution >= 0.6 is 0 Å². The van der Waals surface area contributed by atoms with Crippen molar-refractivity contribution in [3.63, 3.8) is 0 Å². The van der Waals surface area contributed by atoms with E-state index < -0.39 is 0 Å². The molecule has 0 radical (unpaired) electrons. The number of rotatable bonds is 2. The second-order valence-electron chi connectivity index (χ2n) is 2.48. The molecule has 0 bridgehead atoms. The zero-order valence-electron chi connectivity index (χ0n) is 9.31. The van der Waals surface area contributed by atoms with Gasteiger partial charge in [0.1, 0.15) is 0 Å². The van der Waals surface area contributed by atoms with Gasteiger partial charge in [-0.2, -0.15) is 0 Å². The molecule has 1 heteroatoms. The first kappa shape index (κ1) is 17.2. The third-order valence-corrected chi connectivity index (χ3v) is 0.813. The van der Waals surface area contributed by atoms with Gasteiger partial charge in [-0.25, -0.2) is 0 Å². The SMILES string of the molecule is CC.CC.CC(C)CC(C)O. The first-order chi connectivity index (χ1) is 5.13. The van der Waals surface area contributed by atoms with Gasteiger partial charge < -0.3 is 5.11 Å². The average Bonchev–Trinajstić information content (AvgIpc) is 1.93. The molecule has 1 nitrogen and oxygen atoms in total. The van der Waals surface area contributed by atoms with E-state index in [1.165, 1.54) is 0 Å².